The average Bonchev–Trinajstić information content (AvgIpc) is 3.08. The van der Waals surface area contributed by atoms with Crippen molar-refractivity contribution in [3.63, 3.8) is 0 Å². The molecule has 1 aliphatic rings. The van der Waals surface area contributed by atoms with Crippen molar-refractivity contribution in [3.05, 3.63) is 62.3 Å². The number of aromatic nitrogens is 3. The molecule has 0 saturated heterocycles. The molecule has 3 aromatic rings. The van der Waals surface area contributed by atoms with E-state index in [1.165, 1.54) is 10.8 Å². The van der Waals surface area contributed by atoms with Gasteiger partial charge in [-0.3, -0.25) is 19.1 Å². The number of pyridine rings is 1. The van der Waals surface area contributed by atoms with E-state index in [1.54, 1.807) is 12.3 Å². The SMILES string of the molecule is CC(C)n1c(=O)[nH]c(=O)c2c3c(cnc21)C(=O)C[C@H](c1ccco1)C3. The molecule has 3 heterocycles. The Morgan fingerprint density at radius 3 is 2.76 bits per heavy atom. The van der Waals surface area contributed by atoms with Crippen molar-refractivity contribution >= 4 is 16.8 Å². The Labute approximate surface area is 142 Å². The third kappa shape index (κ3) is 2.34. The summed E-state index contributed by atoms with van der Waals surface area (Å²) in [6, 6.07) is 3.45. The number of rotatable bonds is 2. The van der Waals surface area contributed by atoms with E-state index >= 15 is 0 Å². The normalized spacial score (nSPS) is 17.2. The molecular formula is C18H17N3O4. The molecule has 4 rings (SSSR count). The lowest BCUT2D eigenvalue weighted by Gasteiger charge is -2.23. The number of ketones is 1. The van der Waals surface area contributed by atoms with E-state index in [0.29, 0.717) is 35.0 Å². The molecule has 1 aliphatic carbocycles. The lowest BCUT2D eigenvalue weighted by molar-refractivity contribution is 0.0960. The van der Waals surface area contributed by atoms with Gasteiger partial charge in [0.2, 0.25) is 0 Å². The van der Waals surface area contributed by atoms with Crippen molar-refractivity contribution in [3.8, 4) is 0 Å². The quantitative estimate of drug-likeness (QED) is 0.771. The van der Waals surface area contributed by atoms with Crippen molar-refractivity contribution in [1.29, 1.82) is 0 Å². The summed E-state index contributed by atoms with van der Waals surface area (Å²) in [7, 11) is 0. The van der Waals surface area contributed by atoms with Crippen LogP contribution in [0, 0.1) is 0 Å². The van der Waals surface area contributed by atoms with Crippen LogP contribution in [0.25, 0.3) is 11.0 Å². The first-order valence-corrected chi connectivity index (χ1v) is 8.20. The maximum atomic E-state index is 12.6. The van der Waals surface area contributed by atoms with Crippen molar-refractivity contribution in [2.24, 2.45) is 0 Å². The second-order valence-corrected chi connectivity index (χ2v) is 6.62. The Kier molecular flexibility index (Phi) is 3.45. The monoisotopic (exact) mass is 339 g/mol. The molecule has 0 saturated carbocycles. The minimum absolute atomic E-state index is 0.0706. The number of hydrogen-bond acceptors (Lipinski definition) is 5. The number of furan rings is 1. The molecule has 0 aliphatic heterocycles. The zero-order chi connectivity index (χ0) is 17.7. The highest BCUT2D eigenvalue weighted by Gasteiger charge is 2.31. The second kappa shape index (κ2) is 5.54. The summed E-state index contributed by atoms with van der Waals surface area (Å²) in [5, 5.41) is 0.315. The first-order chi connectivity index (χ1) is 12.0. The van der Waals surface area contributed by atoms with Crippen LogP contribution in [0.1, 0.15) is 53.9 Å². The highest BCUT2D eigenvalue weighted by atomic mass is 16.3. The fraction of sp³-hybridized carbons (Fsp3) is 0.333. The molecule has 25 heavy (non-hydrogen) atoms. The molecular weight excluding hydrogens is 322 g/mol. The number of carbonyl (C=O) groups excluding carboxylic acids is 1. The molecule has 0 spiro atoms. The highest BCUT2D eigenvalue weighted by Crippen LogP contribution is 2.34. The summed E-state index contributed by atoms with van der Waals surface area (Å²) in [4.78, 5) is 43.9. The predicted octanol–water partition coefficient (Wildman–Crippen LogP) is 2.17. The molecule has 0 bridgehead atoms. The topological polar surface area (TPSA) is 98.0 Å². The van der Waals surface area contributed by atoms with Gasteiger partial charge in [-0.1, -0.05) is 0 Å². The Bertz CT molecular complexity index is 1090. The number of nitrogens with zero attached hydrogens (tertiary/aromatic N) is 2. The van der Waals surface area contributed by atoms with Gasteiger partial charge in [-0.25, -0.2) is 9.78 Å². The smallest absolute Gasteiger partial charge is 0.330 e. The average molecular weight is 339 g/mol. The molecule has 0 aromatic carbocycles. The number of Topliss-reactive ketones (excluding diaryl/α,β-unsaturated/α-hetero) is 1. The maximum absolute atomic E-state index is 12.6. The fourth-order valence-corrected chi connectivity index (χ4v) is 3.58. The van der Waals surface area contributed by atoms with Crippen molar-refractivity contribution in [1.82, 2.24) is 14.5 Å². The van der Waals surface area contributed by atoms with Crippen LogP contribution in [-0.4, -0.2) is 20.3 Å². The zero-order valence-electron chi connectivity index (χ0n) is 13.9. The van der Waals surface area contributed by atoms with E-state index in [2.05, 4.69) is 9.97 Å². The molecule has 3 aromatic heterocycles. The zero-order valence-corrected chi connectivity index (χ0v) is 13.9. The number of hydrogen-bond donors (Lipinski definition) is 1. The Balaban J connectivity index is 2.01. The predicted molar refractivity (Wildman–Crippen MR) is 91.1 cm³/mol. The van der Waals surface area contributed by atoms with Gasteiger partial charge in [0.25, 0.3) is 5.56 Å². The first-order valence-electron chi connectivity index (χ1n) is 8.20. The molecule has 0 unspecified atom stereocenters. The standard InChI is InChI=1S/C18H17N3O4/c1-9(2)21-16-15(17(23)20-18(21)24)11-6-10(14-4-3-5-25-14)7-13(22)12(11)8-19-16/h3-5,8-10H,6-7H2,1-2H3,(H,20,23,24)/t10-/m1/s1. The van der Waals surface area contributed by atoms with Crippen molar-refractivity contribution < 1.29 is 9.21 Å². The van der Waals surface area contributed by atoms with Crippen LogP contribution >= 0.6 is 0 Å². The number of fused-ring (bicyclic) bond motifs is 3. The lowest BCUT2D eigenvalue weighted by Crippen LogP contribution is -2.33. The summed E-state index contributed by atoms with van der Waals surface area (Å²) in [5.74, 6) is 0.524. The Morgan fingerprint density at radius 2 is 2.08 bits per heavy atom. The van der Waals surface area contributed by atoms with Crippen LogP contribution in [0.4, 0.5) is 0 Å². The van der Waals surface area contributed by atoms with Crippen LogP contribution in [0.15, 0.2) is 38.6 Å². The minimum Gasteiger partial charge on any atom is -0.469 e. The molecule has 0 amide bonds. The number of H-pyrrole nitrogens is 1. The van der Waals surface area contributed by atoms with Crippen molar-refractivity contribution in [2.75, 3.05) is 0 Å². The molecule has 7 heteroatoms. The molecule has 0 fully saturated rings. The van der Waals surface area contributed by atoms with E-state index in [1.807, 2.05) is 19.9 Å². The van der Waals surface area contributed by atoms with Crippen LogP contribution in [0.2, 0.25) is 0 Å². The third-order valence-corrected chi connectivity index (χ3v) is 4.71. The van der Waals surface area contributed by atoms with E-state index < -0.39 is 11.2 Å². The van der Waals surface area contributed by atoms with Gasteiger partial charge in [0.05, 0.1) is 11.6 Å². The van der Waals surface area contributed by atoms with E-state index in [0.717, 1.165) is 5.76 Å². The van der Waals surface area contributed by atoms with Crippen LogP contribution < -0.4 is 11.2 Å². The van der Waals surface area contributed by atoms with Crippen LogP contribution in [0.3, 0.4) is 0 Å². The van der Waals surface area contributed by atoms with Gasteiger partial charge in [0.1, 0.15) is 11.4 Å². The number of nitrogens with one attached hydrogen (secondary N) is 1. The van der Waals surface area contributed by atoms with Gasteiger partial charge in [-0.2, -0.15) is 0 Å². The fourth-order valence-electron chi connectivity index (χ4n) is 3.58. The van der Waals surface area contributed by atoms with Gasteiger partial charge in [0, 0.05) is 30.1 Å². The summed E-state index contributed by atoms with van der Waals surface area (Å²) in [5.41, 5.74) is 0.405. The van der Waals surface area contributed by atoms with Gasteiger partial charge >= 0.3 is 5.69 Å². The summed E-state index contributed by atoms with van der Waals surface area (Å²) >= 11 is 0. The number of aromatic amines is 1. The van der Waals surface area contributed by atoms with Crippen LogP contribution in [-0.2, 0) is 6.42 Å². The molecule has 128 valence electrons. The minimum atomic E-state index is -0.505. The molecule has 1 N–H and O–H groups in total. The number of carbonyl (C=O) groups is 1. The Hall–Kier alpha value is -2.96. The first kappa shape index (κ1) is 15.6. The Morgan fingerprint density at radius 1 is 1.28 bits per heavy atom. The summed E-state index contributed by atoms with van der Waals surface area (Å²) in [6.07, 6.45) is 3.86. The highest BCUT2D eigenvalue weighted by molar-refractivity contribution is 6.02. The van der Waals surface area contributed by atoms with Gasteiger partial charge < -0.3 is 4.42 Å². The molecule has 0 radical (unpaired) electrons. The third-order valence-electron chi connectivity index (χ3n) is 4.71. The lowest BCUT2D eigenvalue weighted by atomic mass is 9.81. The summed E-state index contributed by atoms with van der Waals surface area (Å²) in [6.45, 7) is 3.69. The van der Waals surface area contributed by atoms with E-state index in [4.69, 9.17) is 4.42 Å². The second-order valence-electron chi connectivity index (χ2n) is 6.62. The summed E-state index contributed by atoms with van der Waals surface area (Å²) < 4.78 is 6.89. The maximum Gasteiger partial charge on any atom is 0.330 e. The van der Waals surface area contributed by atoms with Crippen molar-refractivity contribution in [2.45, 2.75) is 38.6 Å². The van der Waals surface area contributed by atoms with E-state index in [-0.39, 0.29) is 17.7 Å². The molecule has 1 atom stereocenters. The van der Waals surface area contributed by atoms with Crippen LogP contribution in [0.5, 0.6) is 0 Å². The van der Waals surface area contributed by atoms with Gasteiger partial charge in [-0.05, 0) is 38.0 Å². The molecule has 7 nitrogen and oxygen atoms in total. The van der Waals surface area contributed by atoms with Gasteiger partial charge in [0.15, 0.2) is 5.78 Å². The largest absolute Gasteiger partial charge is 0.469 e. The van der Waals surface area contributed by atoms with E-state index in [9.17, 15) is 14.4 Å². The van der Waals surface area contributed by atoms with Gasteiger partial charge in [-0.15, -0.1) is 0 Å².